The Morgan fingerprint density at radius 2 is 1.71 bits per heavy atom. The highest BCUT2D eigenvalue weighted by Gasteiger charge is 2.57. The van der Waals surface area contributed by atoms with Gasteiger partial charge in [-0.2, -0.15) is 5.06 Å². The van der Waals surface area contributed by atoms with Gasteiger partial charge in [-0.15, -0.1) is 0 Å². The number of aliphatic hydroxyl groups excluding tert-OH is 2. The van der Waals surface area contributed by atoms with Crippen LogP contribution in [0.25, 0.3) is 11.1 Å². The molecule has 4 aliphatic rings. The van der Waals surface area contributed by atoms with Crippen molar-refractivity contribution in [2.45, 2.75) is 84.0 Å². The summed E-state index contributed by atoms with van der Waals surface area (Å²) in [5.74, 6) is 2.23. The molecule has 59 heavy (non-hydrogen) atoms. The molecule has 9 atom stereocenters. The Labute approximate surface area is 352 Å². The van der Waals surface area contributed by atoms with Crippen molar-refractivity contribution < 1.29 is 24.6 Å². The van der Waals surface area contributed by atoms with Gasteiger partial charge in [-0.05, 0) is 84.2 Å². The molecule has 12 nitrogen and oxygen atoms in total. The van der Waals surface area contributed by atoms with Crippen molar-refractivity contribution >= 4 is 17.6 Å². The van der Waals surface area contributed by atoms with Crippen LogP contribution in [0.15, 0.2) is 71.7 Å². The minimum atomic E-state index is -0.884. The third-order valence-corrected chi connectivity index (χ3v) is 13.4. The Morgan fingerprint density at radius 1 is 1.00 bits per heavy atom. The standard InChI is InChI=1S/C47H69N7O5/c1-29-38-25-35(47(38,3)4)26-39(29)50-45(57)42-41(30(2)55)40(27-49-46(52(7)8)53(9)10)59-54(42)28-32-18-15-19-37(43(32)58-11)33-22-34(24-36(23-33)51(5)6)44(56)48-21-20-31-16-13-12-14-17-31/h12-19,22-24,29-30,35,38-42,44,48,55-56H,20-21,25-28H2,1-11H3,(H,50,57)/t29-,30-,35-,38-,39-,40-,41+,42-,44?/m0/s1. The Balaban J connectivity index is 1.31. The van der Waals surface area contributed by atoms with Gasteiger partial charge in [0.15, 0.2) is 5.96 Å². The number of benzene rings is 3. The topological polar surface area (TPSA) is 125 Å². The maximum atomic E-state index is 14.7. The van der Waals surface area contributed by atoms with Gasteiger partial charge >= 0.3 is 0 Å². The quantitative estimate of drug-likeness (QED) is 0.0902. The van der Waals surface area contributed by atoms with Crippen LogP contribution >= 0.6 is 0 Å². The third kappa shape index (κ3) is 9.57. The third-order valence-electron chi connectivity index (χ3n) is 13.4. The number of carbonyl (C=O) groups excluding carboxylic acids is 1. The number of anilines is 1. The number of hydrogen-bond acceptors (Lipinski definition) is 9. The molecule has 4 N–H and O–H groups in total. The minimum absolute atomic E-state index is 0.0566. The average molecular weight is 812 g/mol. The fraction of sp³-hybridized carbons (Fsp3) is 0.574. The molecule has 4 fully saturated rings. The van der Waals surface area contributed by atoms with Crippen LogP contribution in [0, 0.1) is 29.1 Å². The molecule has 1 saturated heterocycles. The lowest BCUT2D eigenvalue weighted by atomic mass is 9.45. The summed E-state index contributed by atoms with van der Waals surface area (Å²) in [4.78, 5) is 32.3. The number of para-hydroxylation sites is 1. The minimum Gasteiger partial charge on any atom is -0.496 e. The number of guanidine groups is 1. The zero-order valence-corrected chi connectivity index (χ0v) is 37.1. The molecule has 3 aliphatic carbocycles. The molecule has 7 rings (SSSR count). The molecule has 3 aromatic rings. The van der Waals surface area contributed by atoms with Crippen LogP contribution in [0.3, 0.4) is 0 Å². The van der Waals surface area contributed by atoms with Gasteiger partial charge in [0.25, 0.3) is 0 Å². The first-order valence-electron chi connectivity index (χ1n) is 21.3. The lowest BCUT2D eigenvalue weighted by Crippen LogP contribution is -2.62. The molecule has 0 spiro atoms. The summed E-state index contributed by atoms with van der Waals surface area (Å²) in [5, 5.41) is 31.3. The van der Waals surface area contributed by atoms with Crippen LogP contribution in [0.4, 0.5) is 5.69 Å². The molecule has 322 valence electrons. The van der Waals surface area contributed by atoms with Gasteiger partial charge in [0.1, 0.15) is 24.1 Å². The number of hydroxylamine groups is 2. The van der Waals surface area contributed by atoms with E-state index in [1.807, 2.05) is 106 Å². The van der Waals surface area contributed by atoms with E-state index in [0.717, 1.165) is 46.7 Å². The van der Waals surface area contributed by atoms with Crippen molar-refractivity contribution in [2.75, 3.05) is 67.4 Å². The van der Waals surface area contributed by atoms with Crippen molar-refractivity contribution in [3.63, 3.8) is 0 Å². The van der Waals surface area contributed by atoms with Gasteiger partial charge in [0.2, 0.25) is 5.91 Å². The number of ether oxygens (including phenoxy) is 1. The molecule has 12 heteroatoms. The van der Waals surface area contributed by atoms with Crippen molar-refractivity contribution in [3.8, 4) is 16.9 Å². The second kappa shape index (κ2) is 18.6. The van der Waals surface area contributed by atoms with E-state index in [9.17, 15) is 15.0 Å². The van der Waals surface area contributed by atoms with E-state index in [4.69, 9.17) is 14.6 Å². The Morgan fingerprint density at radius 3 is 2.32 bits per heavy atom. The number of methoxy groups -OCH3 is 1. The van der Waals surface area contributed by atoms with Crippen LogP contribution in [0.1, 0.15) is 63.5 Å². The zero-order chi connectivity index (χ0) is 42.8. The number of amides is 1. The largest absolute Gasteiger partial charge is 0.496 e. The molecule has 1 aliphatic heterocycles. The van der Waals surface area contributed by atoms with Gasteiger partial charge < -0.3 is 35.0 Å². The fourth-order valence-corrected chi connectivity index (χ4v) is 10.0. The molecule has 3 saturated carbocycles. The van der Waals surface area contributed by atoms with Crippen molar-refractivity contribution in [2.24, 2.45) is 34.1 Å². The smallest absolute Gasteiger partial charge is 0.240 e. The summed E-state index contributed by atoms with van der Waals surface area (Å²) < 4.78 is 6.20. The maximum absolute atomic E-state index is 14.7. The van der Waals surface area contributed by atoms with Gasteiger partial charge in [-0.25, -0.2) is 0 Å². The molecular weight excluding hydrogens is 743 g/mol. The second-order valence-electron chi connectivity index (χ2n) is 18.3. The van der Waals surface area contributed by atoms with Crippen LogP contribution in [-0.2, 0) is 22.6 Å². The van der Waals surface area contributed by atoms with E-state index in [-0.39, 0.29) is 30.5 Å². The first-order chi connectivity index (χ1) is 28.0. The van der Waals surface area contributed by atoms with Crippen molar-refractivity contribution in [1.82, 2.24) is 25.5 Å². The lowest BCUT2D eigenvalue weighted by molar-refractivity contribution is -0.175. The van der Waals surface area contributed by atoms with Crippen LogP contribution in [-0.4, -0.2) is 124 Å². The molecule has 1 unspecified atom stereocenters. The molecule has 0 aromatic heterocycles. The number of fused-ring (bicyclic) bond motifs is 2. The summed E-state index contributed by atoms with van der Waals surface area (Å²) in [6, 6.07) is 21.6. The number of hydrogen-bond donors (Lipinski definition) is 4. The average Bonchev–Trinajstić information content (AvgIpc) is 3.56. The normalized spacial score (nSPS) is 25.7. The second-order valence-corrected chi connectivity index (χ2v) is 18.3. The summed E-state index contributed by atoms with van der Waals surface area (Å²) in [6.07, 6.45) is 0.676. The summed E-state index contributed by atoms with van der Waals surface area (Å²) in [6.45, 7) is 9.85. The molecule has 0 radical (unpaired) electrons. The number of nitrogens with zero attached hydrogens (tertiary/aromatic N) is 5. The molecule has 2 bridgehead atoms. The number of aliphatic imine (C=N–C) groups is 1. The summed E-state index contributed by atoms with van der Waals surface area (Å²) in [5.41, 5.74) is 5.72. The van der Waals surface area contributed by atoms with Gasteiger partial charge in [0.05, 0.1) is 26.3 Å². The molecular formula is C47H69N7O5. The SMILES string of the molecule is COc1c(CN2O[C@@H](CN=C(N(C)C)N(C)C)[C@@H]([C@H](C)O)[C@H]2C(=O)N[C@H]2C[C@@H]3C[C@@H]([C@@H]2C)C3(C)C)cccc1-c1cc(C(O)NCCc2ccccc2)cc(N(C)C)c1. The van der Waals surface area contributed by atoms with E-state index in [1.54, 1.807) is 19.1 Å². The number of carbonyl (C=O) groups is 1. The summed E-state index contributed by atoms with van der Waals surface area (Å²) in [7, 11) is 13.4. The number of rotatable bonds is 15. The zero-order valence-electron chi connectivity index (χ0n) is 37.1. The van der Waals surface area contributed by atoms with E-state index < -0.39 is 30.4 Å². The lowest BCUT2D eigenvalue weighted by Gasteiger charge is -2.62. The predicted molar refractivity (Wildman–Crippen MR) is 236 cm³/mol. The predicted octanol–water partition coefficient (Wildman–Crippen LogP) is 5.40. The number of aliphatic hydroxyl groups is 2. The summed E-state index contributed by atoms with van der Waals surface area (Å²) >= 11 is 0. The highest BCUT2D eigenvalue weighted by atomic mass is 16.7. The van der Waals surface area contributed by atoms with Crippen LogP contribution < -0.4 is 20.3 Å². The van der Waals surface area contributed by atoms with Crippen LogP contribution in [0.5, 0.6) is 5.75 Å². The molecule has 3 aromatic carbocycles. The first kappa shape index (κ1) is 44.4. The highest BCUT2D eigenvalue weighted by Crippen LogP contribution is 2.61. The van der Waals surface area contributed by atoms with Gasteiger partial charge in [-0.3, -0.25) is 19.9 Å². The Hall–Kier alpha value is -4.20. The van der Waals surface area contributed by atoms with Crippen molar-refractivity contribution in [1.29, 1.82) is 0 Å². The van der Waals surface area contributed by atoms with E-state index in [0.29, 0.717) is 30.0 Å². The van der Waals surface area contributed by atoms with Gasteiger partial charge in [0, 0.05) is 77.6 Å². The van der Waals surface area contributed by atoms with Gasteiger partial charge in [-0.1, -0.05) is 69.3 Å². The monoisotopic (exact) mass is 812 g/mol. The van der Waals surface area contributed by atoms with E-state index in [2.05, 4.69) is 49.6 Å². The maximum Gasteiger partial charge on any atom is 0.240 e. The fourth-order valence-electron chi connectivity index (χ4n) is 10.0. The van der Waals surface area contributed by atoms with Crippen LogP contribution in [0.2, 0.25) is 0 Å². The molecule has 1 heterocycles. The van der Waals surface area contributed by atoms with Crippen molar-refractivity contribution in [3.05, 3.63) is 83.4 Å². The number of nitrogens with one attached hydrogen (secondary N) is 2. The molecule has 1 amide bonds. The highest BCUT2D eigenvalue weighted by molar-refractivity contribution is 5.83. The van der Waals surface area contributed by atoms with E-state index in [1.165, 1.54) is 12.0 Å². The first-order valence-corrected chi connectivity index (χ1v) is 21.3. The Bertz CT molecular complexity index is 1910. The van der Waals surface area contributed by atoms with E-state index >= 15 is 0 Å². The Kier molecular flexibility index (Phi) is 14.0.